The Hall–Kier alpha value is -3.51. The Labute approximate surface area is 235 Å². The van der Waals surface area contributed by atoms with Gasteiger partial charge < -0.3 is 19.3 Å². The summed E-state index contributed by atoms with van der Waals surface area (Å²) in [6.07, 6.45) is -8.76. The number of alkyl halides is 5. The molecule has 41 heavy (non-hydrogen) atoms. The van der Waals surface area contributed by atoms with E-state index in [0.717, 1.165) is 24.3 Å². The van der Waals surface area contributed by atoms with Gasteiger partial charge in [-0.1, -0.05) is 11.6 Å². The van der Waals surface area contributed by atoms with E-state index in [0.29, 0.717) is 0 Å². The van der Waals surface area contributed by atoms with E-state index in [1.165, 1.54) is 38.5 Å². The Kier molecular flexibility index (Phi) is 8.47. The number of carbonyl (C=O) groups excluding carboxylic acids is 1. The maximum Gasteiger partial charge on any atom is 0.422 e. The largest absolute Gasteiger partial charge is 0.494 e. The van der Waals surface area contributed by atoms with Gasteiger partial charge in [-0.3, -0.25) is 4.79 Å². The van der Waals surface area contributed by atoms with Gasteiger partial charge in [0.15, 0.2) is 17.3 Å². The number of hydrogen-bond acceptors (Lipinski definition) is 6. The summed E-state index contributed by atoms with van der Waals surface area (Å²) in [6.45, 7) is 0. The summed E-state index contributed by atoms with van der Waals surface area (Å²) in [5, 5.41) is 10.6. The Bertz CT molecular complexity index is 1440. The quantitative estimate of drug-likeness (QED) is 0.196. The van der Waals surface area contributed by atoms with Crippen LogP contribution in [0.3, 0.4) is 0 Å². The lowest BCUT2D eigenvalue weighted by molar-refractivity contribution is -0.270. The lowest BCUT2D eigenvalue weighted by Gasteiger charge is -2.35. The van der Waals surface area contributed by atoms with Gasteiger partial charge in [0.05, 0.1) is 24.9 Å². The number of methoxy groups -OCH3 is 2. The van der Waals surface area contributed by atoms with Crippen LogP contribution in [0.2, 0.25) is 5.02 Å². The fourth-order valence-electron chi connectivity index (χ4n) is 4.35. The summed E-state index contributed by atoms with van der Waals surface area (Å²) < 4.78 is 98.6. The van der Waals surface area contributed by atoms with Crippen LogP contribution in [0.5, 0.6) is 17.2 Å². The Morgan fingerprint density at radius 2 is 1.68 bits per heavy atom. The van der Waals surface area contributed by atoms with Gasteiger partial charge in [0, 0.05) is 30.4 Å². The number of aromatic nitrogens is 1. The molecule has 1 N–H and O–H groups in total. The molecule has 0 aliphatic heterocycles. The van der Waals surface area contributed by atoms with Gasteiger partial charge in [-0.2, -0.15) is 13.2 Å². The summed E-state index contributed by atoms with van der Waals surface area (Å²) in [7, 11) is 2.52. The average Bonchev–Trinajstić information content (AvgIpc) is 2.91. The molecule has 0 spiro atoms. The summed E-state index contributed by atoms with van der Waals surface area (Å²) in [5.74, 6) is -4.14. The Morgan fingerprint density at radius 3 is 2.27 bits per heavy atom. The van der Waals surface area contributed by atoms with Gasteiger partial charge in [-0.15, -0.1) is 0 Å². The maximum atomic E-state index is 14.3. The van der Waals surface area contributed by atoms with Crippen molar-refractivity contribution >= 4 is 17.4 Å². The van der Waals surface area contributed by atoms with Crippen LogP contribution in [0.1, 0.15) is 41.7 Å². The molecule has 3 aromatic rings. The minimum Gasteiger partial charge on any atom is -0.494 e. The monoisotopic (exact) mass is 603 g/mol. The molecule has 1 atom stereocenters. The van der Waals surface area contributed by atoms with Crippen LogP contribution in [0.4, 0.5) is 26.3 Å². The number of rotatable bonds is 10. The number of aliphatic hydroxyl groups is 1. The highest BCUT2D eigenvalue weighted by molar-refractivity contribution is 6.31. The molecule has 1 aliphatic carbocycles. The SMILES string of the molecule is COc1cc(C(=O)CCC(O)(c2ccc(OC)c(-c3ccc(F)c(Cl)c3)n2)C(F)(F)F)ccc1OC1CC(F)(F)C1. The number of pyridine rings is 1. The second-order valence-corrected chi connectivity index (χ2v) is 9.93. The molecule has 1 aromatic heterocycles. The third-order valence-corrected chi connectivity index (χ3v) is 7.00. The number of carbonyl (C=O) groups is 1. The zero-order chi connectivity index (χ0) is 30.2. The normalized spacial score (nSPS) is 16.4. The first-order chi connectivity index (χ1) is 19.2. The van der Waals surface area contributed by atoms with Crippen molar-refractivity contribution in [3.63, 3.8) is 0 Å². The number of halogens is 7. The maximum absolute atomic E-state index is 14.3. The van der Waals surface area contributed by atoms with Gasteiger partial charge in [-0.05, 0) is 55.0 Å². The van der Waals surface area contributed by atoms with Crippen LogP contribution in [0.15, 0.2) is 48.5 Å². The molecule has 1 saturated carbocycles. The molecule has 6 nitrogen and oxygen atoms in total. The summed E-state index contributed by atoms with van der Waals surface area (Å²) in [4.78, 5) is 16.9. The number of benzene rings is 2. The van der Waals surface area contributed by atoms with Gasteiger partial charge in [0.25, 0.3) is 5.92 Å². The van der Waals surface area contributed by atoms with Gasteiger partial charge in [0.1, 0.15) is 23.4 Å². The van der Waals surface area contributed by atoms with Gasteiger partial charge in [-0.25, -0.2) is 18.2 Å². The molecule has 0 amide bonds. The van der Waals surface area contributed by atoms with Crippen molar-refractivity contribution in [2.45, 2.75) is 49.5 Å². The molecule has 2 aromatic carbocycles. The molecule has 1 aliphatic rings. The smallest absolute Gasteiger partial charge is 0.422 e. The lowest BCUT2D eigenvalue weighted by atomic mass is 9.89. The number of hydrogen-bond donors (Lipinski definition) is 1. The fourth-order valence-corrected chi connectivity index (χ4v) is 4.53. The highest BCUT2D eigenvalue weighted by atomic mass is 35.5. The first kappa shape index (κ1) is 30.4. The number of nitrogens with zero attached hydrogens (tertiary/aromatic N) is 1. The minimum absolute atomic E-state index is 0.0385. The van der Waals surface area contributed by atoms with Crippen LogP contribution in [0, 0.1) is 5.82 Å². The molecule has 13 heteroatoms. The molecule has 0 bridgehead atoms. The standard InChI is InChI=1S/C28H24ClF6NO5/c1-39-22-7-8-24(36-25(22)16-3-5-19(30)18(29)11-16)27(38,28(33,34)35)10-9-20(37)15-4-6-21(23(12-15)40-2)41-17-13-26(31,32)14-17/h3-8,11-12,17,38H,9-10,13-14H2,1-2H3. The van der Waals surface area contributed by atoms with Crippen LogP contribution < -0.4 is 14.2 Å². The molecular weight excluding hydrogens is 580 g/mol. The summed E-state index contributed by atoms with van der Waals surface area (Å²) in [6, 6.07) is 9.28. The zero-order valence-corrected chi connectivity index (χ0v) is 22.5. The van der Waals surface area contributed by atoms with Crippen molar-refractivity contribution in [1.82, 2.24) is 4.98 Å². The van der Waals surface area contributed by atoms with Crippen molar-refractivity contribution in [2.75, 3.05) is 14.2 Å². The summed E-state index contributed by atoms with van der Waals surface area (Å²) in [5.41, 5.74) is -4.40. The third-order valence-electron chi connectivity index (χ3n) is 6.71. The predicted molar refractivity (Wildman–Crippen MR) is 136 cm³/mol. The Balaban J connectivity index is 1.58. The van der Waals surface area contributed by atoms with Crippen LogP contribution in [-0.4, -0.2) is 48.3 Å². The second kappa shape index (κ2) is 11.4. The van der Waals surface area contributed by atoms with Gasteiger partial charge in [0.2, 0.25) is 5.60 Å². The Morgan fingerprint density at radius 1 is 1.02 bits per heavy atom. The van der Waals surface area contributed by atoms with Crippen LogP contribution in [-0.2, 0) is 5.60 Å². The van der Waals surface area contributed by atoms with E-state index >= 15 is 0 Å². The van der Waals surface area contributed by atoms with Crippen molar-refractivity contribution in [1.29, 1.82) is 0 Å². The average molecular weight is 604 g/mol. The molecule has 4 rings (SSSR count). The zero-order valence-electron chi connectivity index (χ0n) is 21.7. The molecule has 1 fully saturated rings. The number of ketones is 1. The summed E-state index contributed by atoms with van der Waals surface area (Å²) >= 11 is 5.82. The second-order valence-electron chi connectivity index (χ2n) is 9.53. The van der Waals surface area contributed by atoms with E-state index in [1.807, 2.05) is 0 Å². The van der Waals surface area contributed by atoms with Crippen molar-refractivity contribution in [3.05, 3.63) is 70.6 Å². The molecule has 0 saturated heterocycles. The first-order valence-corrected chi connectivity index (χ1v) is 12.6. The minimum atomic E-state index is -5.24. The van der Waals surface area contributed by atoms with E-state index in [4.69, 9.17) is 25.8 Å². The fraction of sp³-hybridized carbons (Fsp3) is 0.357. The van der Waals surface area contributed by atoms with Crippen LogP contribution >= 0.6 is 11.6 Å². The molecule has 220 valence electrons. The molecule has 1 unspecified atom stereocenters. The van der Waals surface area contributed by atoms with E-state index in [1.54, 1.807) is 0 Å². The molecule has 1 heterocycles. The van der Waals surface area contributed by atoms with E-state index in [9.17, 15) is 36.2 Å². The van der Waals surface area contributed by atoms with Crippen molar-refractivity contribution in [3.8, 4) is 28.5 Å². The lowest BCUT2D eigenvalue weighted by Crippen LogP contribution is -2.43. The van der Waals surface area contributed by atoms with E-state index in [2.05, 4.69) is 4.98 Å². The predicted octanol–water partition coefficient (Wildman–Crippen LogP) is 7.15. The highest BCUT2D eigenvalue weighted by Gasteiger charge is 2.56. The van der Waals surface area contributed by atoms with Crippen molar-refractivity contribution < 1.29 is 50.5 Å². The van der Waals surface area contributed by atoms with Crippen molar-refractivity contribution in [2.24, 2.45) is 0 Å². The number of Topliss-reactive ketones (excluding diaryl/α,β-unsaturated/α-hetero) is 1. The topological polar surface area (TPSA) is 77.9 Å². The van der Waals surface area contributed by atoms with E-state index in [-0.39, 0.29) is 39.1 Å². The first-order valence-electron chi connectivity index (χ1n) is 12.2. The highest BCUT2D eigenvalue weighted by Crippen LogP contribution is 2.45. The van der Waals surface area contributed by atoms with E-state index < -0.39 is 66.8 Å². The molecular formula is C28H24ClF6NO5. The third kappa shape index (κ3) is 6.38. The number of ether oxygens (including phenoxy) is 3. The van der Waals surface area contributed by atoms with Crippen LogP contribution in [0.25, 0.3) is 11.3 Å². The van der Waals surface area contributed by atoms with Gasteiger partial charge >= 0.3 is 6.18 Å². The molecule has 0 radical (unpaired) electrons.